The second-order valence-electron chi connectivity index (χ2n) is 7.17. The molecule has 0 saturated carbocycles. The van der Waals surface area contributed by atoms with Gasteiger partial charge in [0, 0.05) is 18.0 Å². The van der Waals surface area contributed by atoms with Crippen molar-refractivity contribution in [3.63, 3.8) is 0 Å². The van der Waals surface area contributed by atoms with Crippen LogP contribution in [-0.4, -0.2) is 15.7 Å². The van der Waals surface area contributed by atoms with Crippen LogP contribution in [0.5, 0.6) is 11.5 Å². The lowest BCUT2D eigenvalue weighted by Crippen LogP contribution is -2.12. The summed E-state index contributed by atoms with van der Waals surface area (Å²) < 4.78 is 8.60. The van der Waals surface area contributed by atoms with Crippen LogP contribution >= 0.6 is 27.3 Å². The molecule has 3 aromatic carbocycles. The molecule has 0 radical (unpaired) electrons. The molecule has 0 aliphatic carbocycles. The van der Waals surface area contributed by atoms with Gasteiger partial charge in [-0.05, 0) is 64.5 Å². The van der Waals surface area contributed by atoms with Crippen LogP contribution in [0.15, 0.2) is 107 Å². The molecular formula is C26H18BrN3O2S. The molecule has 0 atom stereocenters. The Morgan fingerprint density at radius 3 is 2.33 bits per heavy atom. The van der Waals surface area contributed by atoms with E-state index in [-0.39, 0.29) is 5.91 Å². The minimum atomic E-state index is -0.242. The average Bonchev–Trinajstić information content (AvgIpc) is 3.47. The maximum Gasteiger partial charge on any atom is 0.259 e. The SMILES string of the molecule is O=C(Nc1cccc(Oc2ccccc2)c1)c1cn(-c2ccccc2)nc1-c1ccc(Br)s1. The van der Waals surface area contributed by atoms with Crippen molar-refractivity contribution in [2.45, 2.75) is 0 Å². The van der Waals surface area contributed by atoms with Crippen molar-refractivity contribution in [2.75, 3.05) is 5.32 Å². The number of nitrogens with one attached hydrogen (secondary N) is 1. The second-order valence-corrected chi connectivity index (χ2v) is 9.64. The van der Waals surface area contributed by atoms with Gasteiger partial charge in [0.05, 0.1) is 19.9 Å². The molecule has 2 heterocycles. The first kappa shape index (κ1) is 21.2. The van der Waals surface area contributed by atoms with Crippen LogP contribution in [-0.2, 0) is 0 Å². The van der Waals surface area contributed by atoms with Crippen LogP contribution < -0.4 is 10.1 Å². The third-order valence-electron chi connectivity index (χ3n) is 4.86. The highest BCUT2D eigenvalue weighted by molar-refractivity contribution is 9.11. The number of rotatable bonds is 6. The molecule has 7 heteroatoms. The summed E-state index contributed by atoms with van der Waals surface area (Å²) in [5.41, 5.74) is 2.64. The van der Waals surface area contributed by atoms with Crippen molar-refractivity contribution in [2.24, 2.45) is 0 Å². The Morgan fingerprint density at radius 1 is 0.879 bits per heavy atom. The summed E-state index contributed by atoms with van der Waals surface area (Å²) in [5.74, 6) is 1.13. The molecule has 2 aromatic heterocycles. The number of hydrogen-bond acceptors (Lipinski definition) is 4. The van der Waals surface area contributed by atoms with Crippen molar-refractivity contribution < 1.29 is 9.53 Å². The first-order chi connectivity index (χ1) is 16.2. The number of carbonyl (C=O) groups is 1. The third-order valence-corrected chi connectivity index (χ3v) is 6.49. The molecule has 0 bridgehead atoms. The summed E-state index contributed by atoms with van der Waals surface area (Å²) in [6.07, 6.45) is 1.76. The fraction of sp³-hybridized carbons (Fsp3) is 0. The zero-order chi connectivity index (χ0) is 22.6. The van der Waals surface area contributed by atoms with Crippen molar-refractivity contribution in [1.82, 2.24) is 9.78 Å². The zero-order valence-electron chi connectivity index (χ0n) is 17.3. The Bertz CT molecular complexity index is 1400. The fourth-order valence-electron chi connectivity index (χ4n) is 3.34. The lowest BCUT2D eigenvalue weighted by Gasteiger charge is -2.09. The van der Waals surface area contributed by atoms with Crippen LogP contribution in [0.25, 0.3) is 16.3 Å². The van der Waals surface area contributed by atoms with E-state index in [0.717, 1.165) is 20.1 Å². The molecule has 5 aromatic rings. The highest BCUT2D eigenvalue weighted by atomic mass is 79.9. The van der Waals surface area contributed by atoms with Crippen molar-refractivity contribution in [3.8, 4) is 27.8 Å². The Balaban J connectivity index is 1.44. The van der Waals surface area contributed by atoms with E-state index in [1.54, 1.807) is 16.9 Å². The van der Waals surface area contributed by atoms with Gasteiger partial charge in [0.25, 0.3) is 5.91 Å². The monoisotopic (exact) mass is 515 g/mol. The van der Waals surface area contributed by atoms with Gasteiger partial charge >= 0.3 is 0 Å². The fourth-order valence-corrected chi connectivity index (χ4v) is 4.72. The van der Waals surface area contributed by atoms with Crippen molar-refractivity contribution in [3.05, 3.63) is 113 Å². The van der Waals surface area contributed by atoms with Gasteiger partial charge in [0.1, 0.15) is 17.2 Å². The molecule has 33 heavy (non-hydrogen) atoms. The number of carbonyl (C=O) groups excluding carboxylic acids is 1. The van der Waals surface area contributed by atoms with Gasteiger partial charge in [-0.3, -0.25) is 4.79 Å². The Hall–Kier alpha value is -3.68. The van der Waals surface area contributed by atoms with Crippen LogP contribution in [0.3, 0.4) is 0 Å². The topological polar surface area (TPSA) is 56.1 Å². The van der Waals surface area contributed by atoms with E-state index in [2.05, 4.69) is 21.2 Å². The van der Waals surface area contributed by atoms with Gasteiger partial charge in [0.2, 0.25) is 0 Å². The zero-order valence-corrected chi connectivity index (χ0v) is 19.7. The summed E-state index contributed by atoms with van der Waals surface area (Å²) in [4.78, 5) is 14.2. The minimum Gasteiger partial charge on any atom is -0.457 e. The largest absolute Gasteiger partial charge is 0.457 e. The van der Waals surface area contributed by atoms with Crippen LogP contribution in [0.1, 0.15) is 10.4 Å². The van der Waals surface area contributed by atoms with E-state index in [1.807, 2.05) is 91.0 Å². The number of para-hydroxylation sites is 2. The number of benzene rings is 3. The lowest BCUT2D eigenvalue weighted by atomic mass is 10.2. The molecule has 5 nitrogen and oxygen atoms in total. The first-order valence-corrected chi connectivity index (χ1v) is 11.8. The van der Waals surface area contributed by atoms with Gasteiger partial charge in [-0.25, -0.2) is 4.68 Å². The predicted molar refractivity (Wildman–Crippen MR) is 135 cm³/mol. The normalized spacial score (nSPS) is 10.7. The maximum absolute atomic E-state index is 13.3. The van der Waals surface area contributed by atoms with E-state index < -0.39 is 0 Å². The van der Waals surface area contributed by atoms with Gasteiger partial charge in [-0.15, -0.1) is 11.3 Å². The molecular weight excluding hydrogens is 498 g/mol. The molecule has 0 aliphatic heterocycles. The van der Waals surface area contributed by atoms with Crippen molar-refractivity contribution in [1.29, 1.82) is 0 Å². The van der Waals surface area contributed by atoms with Crippen molar-refractivity contribution >= 4 is 38.9 Å². The summed E-state index contributed by atoms with van der Waals surface area (Å²) >= 11 is 5.03. The maximum atomic E-state index is 13.3. The summed E-state index contributed by atoms with van der Waals surface area (Å²) in [6.45, 7) is 0. The van der Waals surface area contributed by atoms with E-state index in [9.17, 15) is 4.79 Å². The first-order valence-electron chi connectivity index (χ1n) is 10.2. The Kier molecular flexibility index (Phi) is 6.06. The van der Waals surface area contributed by atoms with Crippen LogP contribution in [0.4, 0.5) is 5.69 Å². The molecule has 1 N–H and O–H groups in total. The number of hydrogen-bond donors (Lipinski definition) is 1. The Morgan fingerprint density at radius 2 is 1.61 bits per heavy atom. The van der Waals surface area contributed by atoms with Crippen LogP contribution in [0, 0.1) is 0 Å². The standard InChI is InChI=1S/C26H18BrN3O2S/c27-24-15-14-23(33-24)25-22(17-30(29-25)19-9-3-1-4-10-19)26(31)28-18-8-7-13-21(16-18)32-20-11-5-2-6-12-20/h1-17H,(H,28,31). The number of amides is 1. The quantitative estimate of drug-likeness (QED) is 0.256. The number of aromatic nitrogens is 2. The highest BCUT2D eigenvalue weighted by Gasteiger charge is 2.20. The van der Waals surface area contributed by atoms with E-state index in [4.69, 9.17) is 9.84 Å². The highest BCUT2D eigenvalue weighted by Crippen LogP contribution is 2.33. The van der Waals surface area contributed by atoms with Gasteiger partial charge < -0.3 is 10.1 Å². The molecule has 0 unspecified atom stereocenters. The summed E-state index contributed by atoms with van der Waals surface area (Å²) in [7, 11) is 0. The summed E-state index contributed by atoms with van der Waals surface area (Å²) in [6, 6.07) is 30.5. The molecule has 0 aliphatic rings. The molecule has 0 fully saturated rings. The molecule has 162 valence electrons. The number of halogens is 1. The average molecular weight is 516 g/mol. The smallest absolute Gasteiger partial charge is 0.259 e. The third kappa shape index (κ3) is 4.89. The van der Waals surface area contributed by atoms with E-state index in [1.165, 1.54) is 11.3 Å². The number of nitrogens with zero attached hydrogens (tertiary/aromatic N) is 2. The van der Waals surface area contributed by atoms with Gasteiger partial charge in [0.15, 0.2) is 0 Å². The minimum absolute atomic E-state index is 0.242. The lowest BCUT2D eigenvalue weighted by molar-refractivity contribution is 0.102. The molecule has 0 spiro atoms. The summed E-state index contributed by atoms with van der Waals surface area (Å²) in [5, 5.41) is 7.71. The predicted octanol–water partition coefficient (Wildman–Crippen LogP) is 7.41. The number of anilines is 1. The molecule has 0 saturated heterocycles. The van der Waals surface area contributed by atoms with Gasteiger partial charge in [-0.2, -0.15) is 5.10 Å². The molecule has 5 rings (SSSR count). The number of ether oxygens (including phenoxy) is 1. The molecule has 1 amide bonds. The van der Waals surface area contributed by atoms with Gasteiger partial charge in [-0.1, -0.05) is 42.5 Å². The second kappa shape index (κ2) is 9.44. The van der Waals surface area contributed by atoms with Crippen LogP contribution in [0.2, 0.25) is 0 Å². The number of thiophene rings is 1. The van der Waals surface area contributed by atoms with E-state index in [0.29, 0.717) is 22.7 Å². The van der Waals surface area contributed by atoms with E-state index >= 15 is 0 Å². The Labute approximate surface area is 203 Å².